The zero-order valence-electron chi connectivity index (χ0n) is 11.7. The van der Waals surface area contributed by atoms with Crippen molar-refractivity contribution in [3.05, 3.63) is 30.1 Å². The van der Waals surface area contributed by atoms with Gasteiger partial charge in [-0.05, 0) is 30.9 Å². The van der Waals surface area contributed by atoms with E-state index in [1.54, 1.807) is 12.4 Å². The van der Waals surface area contributed by atoms with Crippen molar-refractivity contribution in [2.75, 3.05) is 20.2 Å². The van der Waals surface area contributed by atoms with Crippen LogP contribution in [0.15, 0.2) is 24.5 Å². The number of ether oxygens (including phenoxy) is 1. The van der Waals surface area contributed by atoms with Crippen LogP contribution in [0.5, 0.6) is 0 Å². The molecule has 20 heavy (non-hydrogen) atoms. The third-order valence-electron chi connectivity index (χ3n) is 3.73. The second-order valence-corrected chi connectivity index (χ2v) is 5.04. The minimum atomic E-state index is -0.160. The lowest BCUT2D eigenvalue weighted by molar-refractivity contribution is -0.148. The molecule has 2 rings (SSSR count). The first kappa shape index (κ1) is 14.5. The first-order valence-electron chi connectivity index (χ1n) is 6.95. The monoisotopic (exact) mass is 276 g/mol. The van der Waals surface area contributed by atoms with Gasteiger partial charge >= 0.3 is 5.97 Å². The number of nitrogens with zero attached hydrogens (tertiary/aromatic N) is 2. The summed E-state index contributed by atoms with van der Waals surface area (Å²) in [7, 11) is 1.41. The zero-order chi connectivity index (χ0) is 14.4. The van der Waals surface area contributed by atoms with E-state index in [2.05, 4.69) is 4.98 Å². The van der Waals surface area contributed by atoms with E-state index in [0.29, 0.717) is 38.8 Å². The molecular formula is C15H20N2O3. The van der Waals surface area contributed by atoms with E-state index in [1.165, 1.54) is 7.11 Å². The van der Waals surface area contributed by atoms with Crippen molar-refractivity contribution in [1.29, 1.82) is 0 Å². The Hall–Kier alpha value is -1.91. The van der Waals surface area contributed by atoms with Crippen LogP contribution >= 0.6 is 0 Å². The number of methoxy groups -OCH3 is 1. The van der Waals surface area contributed by atoms with E-state index >= 15 is 0 Å². The molecule has 1 amide bonds. The van der Waals surface area contributed by atoms with Crippen LogP contribution in [-0.2, 0) is 20.7 Å². The number of aromatic nitrogens is 1. The van der Waals surface area contributed by atoms with Crippen LogP contribution < -0.4 is 0 Å². The predicted octanol–water partition coefficient (Wildman–Crippen LogP) is 1.43. The van der Waals surface area contributed by atoms with Crippen LogP contribution in [0, 0.1) is 5.92 Å². The first-order chi connectivity index (χ1) is 9.70. The maximum atomic E-state index is 12.1. The smallest absolute Gasteiger partial charge is 0.308 e. The number of rotatable bonds is 4. The summed E-state index contributed by atoms with van der Waals surface area (Å²) in [5.74, 6) is -0.0630. The standard InChI is InChI=1S/C15H20N2O3/c1-20-15(19)13-6-9-17(10-7-13)14(18)5-4-12-3-2-8-16-11-12/h2-3,8,11,13H,4-7,9-10H2,1H3. The zero-order valence-corrected chi connectivity index (χ0v) is 11.7. The van der Waals surface area contributed by atoms with Crippen molar-refractivity contribution in [2.24, 2.45) is 5.92 Å². The average molecular weight is 276 g/mol. The topological polar surface area (TPSA) is 59.5 Å². The van der Waals surface area contributed by atoms with Gasteiger partial charge in [0.2, 0.25) is 5.91 Å². The number of aryl methyl sites for hydroxylation is 1. The van der Waals surface area contributed by atoms with Crippen LogP contribution in [0.2, 0.25) is 0 Å². The number of amides is 1. The molecule has 1 aliphatic rings. The largest absolute Gasteiger partial charge is 0.469 e. The molecule has 0 bridgehead atoms. The van der Waals surface area contributed by atoms with E-state index in [1.807, 2.05) is 17.0 Å². The molecule has 1 saturated heterocycles. The van der Waals surface area contributed by atoms with Gasteiger partial charge in [-0.3, -0.25) is 14.6 Å². The molecule has 1 aromatic rings. The van der Waals surface area contributed by atoms with Gasteiger partial charge in [-0.2, -0.15) is 0 Å². The molecule has 5 heteroatoms. The highest BCUT2D eigenvalue weighted by atomic mass is 16.5. The summed E-state index contributed by atoms with van der Waals surface area (Å²) in [6.07, 6.45) is 6.12. The van der Waals surface area contributed by atoms with E-state index in [-0.39, 0.29) is 17.8 Å². The Balaban J connectivity index is 1.76. The van der Waals surface area contributed by atoms with Crippen LogP contribution in [0.25, 0.3) is 0 Å². The minimum Gasteiger partial charge on any atom is -0.469 e. The molecule has 0 aliphatic carbocycles. The van der Waals surface area contributed by atoms with E-state index < -0.39 is 0 Å². The first-order valence-corrected chi connectivity index (χ1v) is 6.95. The quantitative estimate of drug-likeness (QED) is 0.780. The van der Waals surface area contributed by atoms with Crippen molar-refractivity contribution >= 4 is 11.9 Å². The van der Waals surface area contributed by atoms with Crippen molar-refractivity contribution < 1.29 is 14.3 Å². The van der Waals surface area contributed by atoms with Crippen LogP contribution in [-0.4, -0.2) is 42.0 Å². The van der Waals surface area contributed by atoms with Crippen LogP contribution in [0.4, 0.5) is 0 Å². The summed E-state index contributed by atoms with van der Waals surface area (Å²) in [4.78, 5) is 29.4. The number of carbonyl (C=O) groups is 2. The third kappa shape index (κ3) is 3.79. The van der Waals surface area contributed by atoms with Gasteiger partial charge in [0.05, 0.1) is 13.0 Å². The number of pyridine rings is 1. The molecular weight excluding hydrogens is 256 g/mol. The average Bonchev–Trinajstić information content (AvgIpc) is 2.53. The van der Waals surface area contributed by atoms with Gasteiger partial charge in [0.15, 0.2) is 0 Å². The van der Waals surface area contributed by atoms with Gasteiger partial charge in [-0.1, -0.05) is 6.07 Å². The molecule has 0 N–H and O–H groups in total. The second kappa shape index (κ2) is 7.03. The summed E-state index contributed by atoms with van der Waals surface area (Å²) >= 11 is 0. The van der Waals surface area contributed by atoms with Gasteiger partial charge in [-0.15, -0.1) is 0 Å². The number of piperidine rings is 1. The van der Waals surface area contributed by atoms with Crippen molar-refractivity contribution in [2.45, 2.75) is 25.7 Å². The lowest BCUT2D eigenvalue weighted by Crippen LogP contribution is -2.40. The lowest BCUT2D eigenvalue weighted by Gasteiger charge is -2.30. The van der Waals surface area contributed by atoms with Gasteiger partial charge in [0, 0.05) is 31.9 Å². The Kier molecular flexibility index (Phi) is 5.09. The minimum absolute atomic E-state index is 0.0534. The number of hydrogen-bond acceptors (Lipinski definition) is 4. The van der Waals surface area contributed by atoms with Crippen molar-refractivity contribution in [3.8, 4) is 0 Å². The lowest BCUT2D eigenvalue weighted by atomic mass is 9.96. The highest BCUT2D eigenvalue weighted by Gasteiger charge is 2.27. The molecule has 1 aliphatic heterocycles. The predicted molar refractivity (Wildman–Crippen MR) is 73.9 cm³/mol. The molecule has 0 aromatic carbocycles. The summed E-state index contributed by atoms with van der Waals surface area (Å²) < 4.78 is 4.74. The number of carbonyl (C=O) groups excluding carboxylic acids is 2. The Morgan fingerprint density at radius 1 is 1.40 bits per heavy atom. The molecule has 0 unspecified atom stereocenters. The van der Waals surface area contributed by atoms with Gasteiger partial charge < -0.3 is 9.64 Å². The van der Waals surface area contributed by atoms with Crippen LogP contribution in [0.1, 0.15) is 24.8 Å². The van der Waals surface area contributed by atoms with Crippen LogP contribution in [0.3, 0.4) is 0 Å². The molecule has 0 spiro atoms. The molecule has 1 aromatic heterocycles. The van der Waals surface area contributed by atoms with E-state index in [4.69, 9.17) is 4.74 Å². The normalized spacial score (nSPS) is 15.9. The van der Waals surface area contributed by atoms with Gasteiger partial charge in [0.1, 0.15) is 0 Å². The Labute approximate surface area is 118 Å². The summed E-state index contributed by atoms with van der Waals surface area (Å²) in [5.41, 5.74) is 1.07. The van der Waals surface area contributed by atoms with Gasteiger partial charge in [-0.25, -0.2) is 0 Å². The molecule has 5 nitrogen and oxygen atoms in total. The molecule has 0 saturated carbocycles. The van der Waals surface area contributed by atoms with E-state index in [0.717, 1.165) is 5.56 Å². The molecule has 2 heterocycles. The Bertz CT molecular complexity index is 453. The number of hydrogen-bond donors (Lipinski definition) is 0. The highest BCUT2D eigenvalue weighted by Crippen LogP contribution is 2.19. The summed E-state index contributed by atoms with van der Waals surface area (Å²) in [6.45, 7) is 1.29. The maximum Gasteiger partial charge on any atom is 0.308 e. The number of esters is 1. The third-order valence-corrected chi connectivity index (χ3v) is 3.73. The summed E-state index contributed by atoms with van der Waals surface area (Å²) in [6, 6.07) is 3.85. The second-order valence-electron chi connectivity index (χ2n) is 5.04. The fourth-order valence-electron chi connectivity index (χ4n) is 2.49. The molecule has 0 atom stereocenters. The fraction of sp³-hybridized carbons (Fsp3) is 0.533. The van der Waals surface area contributed by atoms with Crippen molar-refractivity contribution in [1.82, 2.24) is 9.88 Å². The summed E-state index contributed by atoms with van der Waals surface area (Å²) in [5, 5.41) is 0. The maximum absolute atomic E-state index is 12.1. The van der Waals surface area contributed by atoms with E-state index in [9.17, 15) is 9.59 Å². The fourth-order valence-corrected chi connectivity index (χ4v) is 2.49. The molecule has 1 fully saturated rings. The molecule has 108 valence electrons. The number of likely N-dealkylation sites (tertiary alicyclic amines) is 1. The van der Waals surface area contributed by atoms with Gasteiger partial charge in [0.25, 0.3) is 0 Å². The van der Waals surface area contributed by atoms with Crippen molar-refractivity contribution in [3.63, 3.8) is 0 Å². The SMILES string of the molecule is COC(=O)C1CCN(C(=O)CCc2cccnc2)CC1. The Morgan fingerprint density at radius 3 is 2.75 bits per heavy atom. The molecule has 0 radical (unpaired) electrons. The highest BCUT2D eigenvalue weighted by molar-refractivity contribution is 5.77. The Morgan fingerprint density at radius 2 is 2.15 bits per heavy atom.